The molecule has 0 saturated carbocycles. The molecule has 1 unspecified atom stereocenters. The third-order valence-corrected chi connectivity index (χ3v) is 2.84. The van der Waals surface area contributed by atoms with Crippen molar-refractivity contribution in [3.63, 3.8) is 0 Å². The highest BCUT2D eigenvalue weighted by Crippen LogP contribution is 2.17. The molecule has 1 rings (SSSR count). The van der Waals surface area contributed by atoms with Crippen LogP contribution in [0.1, 0.15) is 5.56 Å². The molecular formula is C11H15BrFNO2. The molecule has 0 amide bonds. The normalized spacial score (nSPS) is 12.8. The third kappa shape index (κ3) is 4.57. The molecular weight excluding hydrogens is 277 g/mol. The molecule has 0 aliphatic rings. The largest absolute Gasteiger partial charge is 0.389 e. The van der Waals surface area contributed by atoms with E-state index in [0.717, 1.165) is 10.0 Å². The second-order valence-corrected chi connectivity index (χ2v) is 4.33. The van der Waals surface area contributed by atoms with E-state index in [1.807, 2.05) is 0 Å². The van der Waals surface area contributed by atoms with Crippen LogP contribution in [-0.4, -0.2) is 31.5 Å². The van der Waals surface area contributed by atoms with Crippen LogP contribution < -0.4 is 5.32 Å². The zero-order valence-corrected chi connectivity index (χ0v) is 10.6. The van der Waals surface area contributed by atoms with Crippen molar-refractivity contribution in [3.8, 4) is 0 Å². The van der Waals surface area contributed by atoms with Gasteiger partial charge in [-0.05, 0) is 23.8 Å². The fraction of sp³-hybridized carbons (Fsp3) is 0.455. The fourth-order valence-electron chi connectivity index (χ4n) is 1.30. The first-order valence-electron chi connectivity index (χ1n) is 4.95. The molecule has 1 aromatic rings. The summed E-state index contributed by atoms with van der Waals surface area (Å²) >= 11 is 3.33. The SMILES string of the molecule is COCC(O)CNCc1cc(F)ccc1Br. The molecule has 5 heteroatoms. The van der Waals surface area contributed by atoms with Gasteiger partial charge in [0.15, 0.2) is 0 Å². The van der Waals surface area contributed by atoms with Crippen molar-refractivity contribution in [2.24, 2.45) is 0 Å². The molecule has 16 heavy (non-hydrogen) atoms. The molecule has 0 aromatic heterocycles. The van der Waals surface area contributed by atoms with Gasteiger partial charge >= 0.3 is 0 Å². The number of halogens is 2. The summed E-state index contributed by atoms with van der Waals surface area (Å²) in [7, 11) is 1.53. The summed E-state index contributed by atoms with van der Waals surface area (Å²) in [5, 5.41) is 12.4. The Morgan fingerprint density at radius 1 is 1.56 bits per heavy atom. The maximum atomic E-state index is 12.9. The average molecular weight is 292 g/mol. The lowest BCUT2D eigenvalue weighted by molar-refractivity contribution is 0.0644. The molecule has 0 radical (unpaired) electrons. The minimum atomic E-state index is -0.544. The summed E-state index contributed by atoms with van der Waals surface area (Å²) in [5.41, 5.74) is 0.824. The van der Waals surface area contributed by atoms with E-state index in [1.165, 1.54) is 19.2 Å². The lowest BCUT2D eigenvalue weighted by Crippen LogP contribution is -2.29. The summed E-state index contributed by atoms with van der Waals surface area (Å²) < 4.78 is 18.6. The highest BCUT2D eigenvalue weighted by Gasteiger charge is 2.04. The monoisotopic (exact) mass is 291 g/mol. The zero-order valence-electron chi connectivity index (χ0n) is 9.04. The quantitative estimate of drug-likeness (QED) is 0.838. The topological polar surface area (TPSA) is 41.5 Å². The van der Waals surface area contributed by atoms with Gasteiger partial charge in [-0.15, -0.1) is 0 Å². The third-order valence-electron chi connectivity index (χ3n) is 2.06. The Morgan fingerprint density at radius 2 is 2.31 bits per heavy atom. The van der Waals surface area contributed by atoms with Crippen LogP contribution in [0.3, 0.4) is 0 Å². The molecule has 0 aliphatic carbocycles. The van der Waals surface area contributed by atoms with Crippen LogP contribution >= 0.6 is 15.9 Å². The van der Waals surface area contributed by atoms with Gasteiger partial charge in [-0.3, -0.25) is 0 Å². The Morgan fingerprint density at radius 3 is 3.00 bits per heavy atom. The summed E-state index contributed by atoms with van der Waals surface area (Å²) in [5.74, 6) is -0.266. The molecule has 0 spiro atoms. The van der Waals surface area contributed by atoms with Gasteiger partial charge in [-0.1, -0.05) is 15.9 Å². The predicted molar refractivity (Wildman–Crippen MR) is 63.7 cm³/mol. The smallest absolute Gasteiger partial charge is 0.123 e. The molecule has 3 nitrogen and oxygen atoms in total. The molecule has 0 fully saturated rings. The van der Waals surface area contributed by atoms with E-state index in [9.17, 15) is 9.50 Å². The molecule has 0 heterocycles. The number of hydrogen-bond donors (Lipinski definition) is 2. The van der Waals surface area contributed by atoms with Crippen molar-refractivity contribution in [1.29, 1.82) is 0 Å². The minimum absolute atomic E-state index is 0.266. The van der Waals surface area contributed by atoms with Gasteiger partial charge in [0.2, 0.25) is 0 Å². The highest BCUT2D eigenvalue weighted by atomic mass is 79.9. The zero-order chi connectivity index (χ0) is 12.0. The minimum Gasteiger partial charge on any atom is -0.389 e. The Hall–Kier alpha value is -0.490. The lowest BCUT2D eigenvalue weighted by Gasteiger charge is -2.11. The second kappa shape index (κ2) is 6.96. The van der Waals surface area contributed by atoms with Crippen molar-refractivity contribution in [3.05, 3.63) is 34.1 Å². The molecule has 0 bridgehead atoms. The second-order valence-electron chi connectivity index (χ2n) is 3.48. The number of aliphatic hydroxyl groups is 1. The Bertz CT molecular complexity index is 336. The molecule has 2 N–H and O–H groups in total. The van der Waals surface area contributed by atoms with Crippen LogP contribution in [0, 0.1) is 5.82 Å². The number of methoxy groups -OCH3 is 1. The first kappa shape index (κ1) is 13.6. The van der Waals surface area contributed by atoms with Gasteiger partial charge in [0.1, 0.15) is 5.82 Å². The van der Waals surface area contributed by atoms with Crippen LogP contribution in [0.25, 0.3) is 0 Å². The van der Waals surface area contributed by atoms with Gasteiger partial charge in [-0.2, -0.15) is 0 Å². The standard InChI is InChI=1S/C11H15BrFNO2/c1-16-7-10(15)6-14-5-8-4-9(13)2-3-11(8)12/h2-4,10,14-15H,5-7H2,1H3. The van der Waals surface area contributed by atoms with Gasteiger partial charge in [0, 0.05) is 24.7 Å². The van der Waals surface area contributed by atoms with E-state index >= 15 is 0 Å². The van der Waals surface area contributed by atoms with Gasteiger partial charge in [0.25, 0.3) is 0 Å². The number of benzene rings is 1. The van der Waals surface area contributed by atoms with E-state index in [1.54, 1.807) is 6.07 Å². The molecule has 90 valence electrons. The predicted octanol–water partition coefficient (Wildman–Crippen LogP) is 1.69. The summed E-state index contributed by atoms with van der Waals surface area (Å²) in [6.07, 6.45) is -0.544. The van der Waals surface area contributed by atoms with Crippen LogP contribution in [0.2, 0.25) is 0 Å². The summed E-state index contributed by atoms with van der Waals surface area (Å²) in [6, 6.07) is 4.52. The van der Waals surface area contributed by atoms with Crippen molar-refractivity contribution in [1.82, 2.24) is 5.32 Å². The molecule has 0 saturated heterocycles. The van der Waals surface area contributed by atoms with Crippen LogP contribution in [0.15, 0.2) is 22.7 Å². The number of aliphatic hydroxyl groups excluding tert-OH is 1. The number of rotatable bonds is 6. The van der Waals surface area contributed by atoms with Crippen molar-refractivity contribution >= 4 is 15.9 Å². The van der Waals surface area contributed by atoms with Gasteiger partial charge in [-0.25, -0.2) is 4.39 Å². The van der Waals surface area contributed by atoms with E-state index in [2.05, 4.69) is 21.2 Å². The molecule has 0 aliphatic heterocycles. The average Bonchev–Trinajstić information content (AvgIpc) is 2.23. The Kier molecular flexibility index (Phi) is 5.90. The van der Waals surface area contributed by atoms with Crippen LogP contribution in [0.4, 0.5) is 4.39 Å². The van der Waals surface area contributed by atoms with Crippen molar-refractivity contribution in [2.75, 3.05) is 20.3 Å². The molecule has 1 atom stereocenters. The van der Waals surface area contributed by atoms with Crippen LogP contribution in [-0.2, 0) is 11.3 Å². The number of hydrogen-bond acceptors (Lipinski definition) is 3. The maximum Gasteiger partial charge on any atom is 0.123 e. The van der Waals surface area contributed by atoms with Gasteiger partial charge in [0.05, 0.1) is 12.7 Å². The van der Waals surface area contributed by atoms with Crippen molar-refractivity contribution in [2.45, 2.75) is 12.6 Å². The van der Waals surface area contributed by atoms with E-state index in [0.29, 0.717) is 13.1 Å². The first-order valence-corrected chi connectivity index (χ1v) is 5.74. The lowest BCUT2D eigenvalue weighted by atomic mass is 10.2. The maximum absolute atomic E-state index is 12.9. The fourth-order valence-corrected chi connectivity index (χ4v) is 1.69. The van der Waals surface area contributed by atoms with E-state index in [-0.39, 0.29) is 12.4 Å². The van der Waals surface area contributed by atoms with E-state index in [4.69, 9.17) is 4.74 Å². The van der Waals surface area contributed by atoms with Gasteiger partial charge < -0.3 is 15.2 Å². The van der Waals surface area contributed by atoms with E-state index < -0.39 is 6.10 Å². The molecule has 1 aromatic carbocycles. The Labute approximate surface area is 103 Å². The number of ether oxygens (including phenoxy) is 1. The number of nitrogens with one attached hydrogen (secondary N) is 1. The first-order chi connectivity index (χ1) is 7.63. The summed E-state index contributed by atoms with van der Waals surface area (Å²) in [4.78, 5) is 0. The highest BCUT2D eigenvalue weighted by molar-refractivity contribution is 9.10. The van der Waals surface area contributed by atoms with Crippen molar-refractivity contribution < 1.29 is 14.2 Å². The van der Waals surface area contributed by atoms with Crippen LogP contribution in [0.5, 0.6) is 0 Å². The Balaban J connectivity index is 2.39. The summed E-state index contributed by atoms with van der Waals surface area (Å²) in [6.45, 7) is 1.20.